The second-order valence-corrected chi connectivity index (χ2v) is 5.56. The van der Waals surface area contributed by atoms with Gasteiger partial charge in [-0.3, -0.25) is 4.90 Å². The van der Waals surface area contributed by atoms with Crippen molar-refractivity contribution in [1.29, 1.82) is 0 Å². The molecule has 3 nitrogen and oxygen atoms in total. The smallest absolute Gasteiger partial charge is 0.128 e. The lowest BCUT2D eigenvalue weighted by Gasteiger charge is -2.37. The first-order chi connectivity index (χ1) is 8.00. The van der Waals surface area contributed by atoms with Gasteiger partial charge in [0, 0.05) is 44.3 Å². The topological polar surface area (TPSA) is 27.3 Å². The molecular formula is C13H28FN3. The first-order valence-electron chi connectivity index (χ1n) is 6.85. The minimum absolute atomic E-state index is 0.0407. The van der Waals surface area contributed by atoms with Crippen LogP contribution >= 0.6 is 0 Å². The average molecular weight is 245 g/mol. The molecule has 102 valence electrons. The quantitative estimate of drug-likeness (QED) is 0.693. The van der Waals surface area contributed by atoms with Crippen LogP contribution in [0.2, 0.25) is 0 Å². The largest absolute Gasteiger partial charge is 0.313 e. The van der Waals surface area contributed by atoms with Crippen LogP contribution in [0.1, 0.15) is 34.1 Å². The molecule has 2 atom stereocenters. The van der Waals surface area contributed by atoms with E-state index in [9.17, 15) is 4.39 Å². The van der Waals surface area contributed by atoms with Crippen LogP contribution in [0.5, 0.6) is 0 Å². The molecule has 0 saturated carbocycles. The fraction of sp³-hybridized carbons (Fsp3) is 1.00. The predicted octanol–water partition coefficient (Wildman–Crippen LogP) is 1.39. The van der Waals surface area contributed by atoms with Gasteiger partial charge in [-0.1, -0.05) is 13.8 Å². The molecule has 17 heavy (non-hydrogen) atoms. The van der Waals surface area contributed by atoms with Crippen molar-refractivity contribution in [3.63, 3.8) is 0 Å². The van der Waals surface area contributed by atoms with E-state index in [0.29, 0.717) is 18.6 Å². The van der Waals surface area contributed by atoms with E-state index in [4.69, 9.17) is 0 Å². The Morgan fingerprint density at radius 1 is 1.24 bits per heavy atom. The summed E-state index contributed by atoms with van der Waals surface area (Å²) >= 11 is 0. The Balaban J connectivity index is 2.18. The fourth-order valence-corrected chi connectivity index (χ4v) is 2.25. The first kappa shape index (κ1) is 14.9. The van der Waals surface area contributed by atoms with Crippen molar-refractivity contribution in [1.82, 2.24) is 15.5 Å². The van der Waals surface area contributed by atoms with E-state index in [1.165, 1.54) is 0 Å². The number of likely N-dealkylation sites (tertiary alicyclic amines) is 1. The maximum absolute atomic E-state index is 13.9. The summed E-state index contributed by atoms with van der Waals surface area (Å²) in [7, 11) is 0. The van der Waals surface area contributed by atoms with E-state index >= 15 is 0 Å². The Kier molecular flexibility index (Phi) is 6.38. The Bertz CT molecular complexity index is 209. The number of piperidine rings is 1. The van der Waals surface area contributed by atoms with Gasteiger partial charge in [0.25, 0.3) is 0 Å². The summed E-state index contributed by atoms with van der Waals surface area (Å²) in [6.07, 6.45) is 0.186. The Hall–Kier alpha value is -0.190. The van der Waals surface area contributed by atoms with E-state index in [-0.39, 0.29) is 6.04 Å². The van der Waals surface area contributed by atoms with Gasteiger partial charge in [-0.2, -0.15) is 0 Å². The number of rotatable bonds is 6. The standard InChI is InChI=1S/C13H28FN3/c1-10(2)15-6-7-16-13-5-8-17(11(3)4)9-12(13)14/h10-13,15-16H,5-9H2,1-4H3/t12-,13-/m0/s1. The third kappa shape index (κ3) is 5.32. The molecule has 1 saturated heterocycles. The normalized spacial score (nSPS) is 27.0. The minimum Gasteiger partial charge on any atom is -0.313 e. The third-order valence-electron chi connectivity index (χ3n) is 3.39. The lowest BCUT2D eigenvalue weighted by Crippen LogP contribution is -2.53. The summed E-state index contributed by atoms with van der Waals surface area (Å²) in [5.41, 5.74) is 0. The molecule has 1 rings (SSSR count). The van der Waals surface area contributed by atoms with Gasteiger partial charge in [0.1, 0.15) is 6.17 Å². The number of alkyl halides is 1. The summed E-state index contributed by atoms with van der Waals surface area (Å²) in [5.74, 6) is 0. The maximum atomic E-state index is 13.9. The van der Waals surface area contributed by atoms with Crippen LogP contribution in [-0.2, 0) is 0 Å². The molecule has 0 amide bonds. The number of nitrogens with one attached hydrogen (secondary N) is 2. The van der Waals surface area contributed by atoms with Crippen LogP contribution in [0.3, 0.4) is 0 Å². The van der Waals surface area contributed by atoms with Crippen molar-refractivity contribution in [3.05, 3.63) is 0 Å². The number of halogens is 1. The summed E-state index contributed by atoms with van der Waals surface area (Å²) < 4.78 is 13.9. The fourth-order valence-electron chi connectivity index (χ4n) is 2.25. The van der Waals surface area contributed by atoms with Gasteiger partial charge in [-0.15, -0.1) is 0 Å². The summed E-state index contributed by atoms with van der Waals surface area (Å²) in [6, 6.07) is 0.997. The van der Waals surface area contributed by atoms with Crippen LogP contribution in [0, 0.1) is 0 Å². The van der Waals surface area contributed by atoms with Gasteiger partial charge in [0.15, 0.2) is 0 Å². The molecule has 0 aromatic rings. The highest BCUT2D eigenvalue weighted by Gasteiger charge is 2.29. The minimum atomic E-state index is -0.731. The van der Waals surface area contributed by atoms with Gasteiger partial charge in [-0.25, -0.2) is 4.39 Å². The summed E-state index contributed by atoms with van der Waals surface area (Å²) in [6.45, 7) is 11.9. The van der Waals surface area contributed by atoms with Crippen LogP contribution in [0.25, 0.3) is 0 Å². The van der Waals surface area contributed by atoms with Crippen molar-refractivity contribution in [3.8, 4) is 0 Å². The molecule has 0 aromatic heterocycles. The zero-order valence-corrected chi connectivity index (χ0v) is 11.7. The van der Waals surface area contributed by atoms with Crippen LogP contribution < -0.4 is 10.6 Å². The number of nitrogens with zero attached hydrogens (tertiary/aromatic N) is 1. The highest BCUT2D eigenvalue weighted by Crippen LogP contribution is 2.16. The molecule has 1 aliphatic heterocycles. The summed E-state index contributed by atoms with van der Waals surface area (Å²) in [4.78, 5) is 2.22. The molecule has 0 unspecified atom stereocenters. The number of hydrogen-bond acceptors (Lipinski definition) is 3. The van der Waals surface area contributed by atoms with Crippen molar-refractivity contribution in [2.24, 2.45) is 0 Å². The monoisotopic (exact) mass is 245 g/mol. The Morgan fingerprint density at radius 3 is 2.47 bits per heavy atom. The van der Waals surface area contributed by atoms with E-state index in [2.05, 4.69) is 43.2 Å². The van der Waals surface area contributed by atoms with Gasteiger partial charge in [0.05, 0.1) is 0 Å². The molecule has 1 aliphatic rings. The SMILES string of the molecule is CC(C)NCCN[C@H]1CCN(C(C)C)C[C@@H]1F. The van der Waals surface area contributed by atoms with E-state index < -0.39 is 6.17 Å². The molecule has 0 spiro atoms. The molecule has 1 fully saturated rings. The van der Waals surface area contributed by atoms with Crippen molar-refractivity contribution >= 4 is 0 Å². The van der Waals surface area contributed by atoms with Crippen molar-refractivity contribution < 1.29 is 4.39 Å². The molecular weight excluding hydrogens is 217 g/mol. The van der Waals surface area contributed by atoms with E-state index in [1.54, 1.807) is 0 Å². The van der Waals surface area contributed by atoms with Gasteiger partial charge in [-0.05, 0) is 20.3 Å². The zero-order valence-electron chi connectivity index (χ0n) is 11.7. The summed E-state index contributed by atoms with van der Waals surface area (Å²) in [5, 5.41) is 6.65. The van der Waals surface area contributed by atoms with Gasteiger partial charge in [0.2, 0.25) is 0 Å². The highest BCUT2D eigenvalue weighted by molar-refractivity contribution is 4.86. The molecule has 2 N–H and O–H groups in total. The zero-order chi connectivity index (χ0) is 12.8. The second-order valence-electron chi connectivity index (χ2n) is 5.56. The Labute approximate surface area is 105 Å². The number of hydrogen-bond donors (Lipinski definition) is 2. The maximum Gasteiger partial charge on any atom is 0.128 e. The van der Waals surface area contributed by atoms with Gasteiger partial charge < -0.3 is 10.6 Å². The predicted molar refractivity (Wildman–Crippen MR) is 71.2 cm³/mol. The molecule has 0 radical (unpaired) electrons. The van der Waals surface area contributed by atoms with Crippen molar-refractivity contribution in [2.45, 2.75) is 58.4 Å². The highest BCUT2D eigenvalue weighted by atomic mass is 19.1. The third-order valence-corrected chi connectivity index (χ3v) is 3.39. The van der Waals surface area contributed by atoms with Gasteiger partial charge >= 0.3 is 0 Å². The lowest BCUT2D eigenvalue weighted by atomic mass is 10.0. The first-order valence-corrected chi connectivity index (χ1v) is 6.85. The van der Waals surface area contributed by atoms with Crippen LogP contribution in [-0.4, -0.2) is 55.4 Å². The molecule has 0 aliphatic carbocycles. The Morgan fingerprint density at radius 2 is 1.94 bits per heavy atom. The molecule has 4 heteroatoms. The van der Waals surface area contributed by atoms with E-state index in [1.807, 2.05) is 0 Å². The molecule has 1 heterocycles. The lowest BCUT2D eigenvalue weighted by molar-refractivity contribution is 0.0828. The van der Waals surface area contributed by atoms with Crippen molar-refractivity contribution in [2.75, 3.05) is 26.2 Å². The van der Waals surface area contributed by atoms with Crippen LogP contribution in [0.15, 0.2) is 0 Å². The second kappa shape index (κ2) is 7.29. The molecule has 0 aromatic carbocycles. The average Bonchev–Trinajstić information content (AvgIpc) is 2.25. The van der Waals surface area contributed by atoms with E-state index in [0.717, 1.165) is 26.1 Å². The van der Waals surface area contributed by atoms with Crippen LogP contribution in [0.4, 0.5) is 4.39 Å². The molecule has 0 bridgehead atoms.